The Morgan fingerprint density at radius 1 is 0.970 bits per heavy atom. The first-order chi connectivity index (χ1) is 16.1. The van der Waals surface area contributed by atoms with Crippen LogP contribution in [0.25, 0.3) is 0 Å². The van der Waals surface area contributed by atoms with Gasteiger partial charge < -0.3 is 19.9 Å². The Morgan fingerprint density at radius 2 is 1.76 bits per heavy atom. The fourth-order valence-corrected chi connectivity index (χ4v) is 5.66. The van der Waals surface area contributed by atoms with E-state index in [0.29, 0.717) is 0 Å². The van der Waals surface area contributed by atoms with Gasteiger partial charge in [0, 0.05) is 51.9 Å². The Hall–Kier alpha value is -1.86. The first kappa shape index (κ1) is 24.3. The van der Waals surface area contributed by atoms with Crippen molar-refractivity contribution in [3.8, 4) is 5.75 Å². The Bertz CT molecular complexity index is 763. The second kappa shape index (κ2) is 12.0. The highest BCUT2D eigenvalue weighted by atomic mass is 19.1. The number of amides is 2. The fraction of sp³-hybridized carbons (Fsp3) is 0.731. The van der Waals surface area contributed by atoms with Gasteiger partial charge in [0.2, 0.25) is 0 Å². The molecule has 2 aliphatic heterocycles. The van der Waals surface area contributed by atoms with Crippen molar-refractivity contribution >= 4 is 6.03 Å². The lowest BCUT2D eigenvalue weighted by Gasteiger charge is -2.33. The molecule has 1 N–H and O–H groups in total. The Kier molecular flexibility index (Phi) is 8.84. The summed E-state index contributed by atoms with van der Waals surface area (Å²) in [4.78, 5) is 19.9. The van der Waals surface area contributed by atoms with Gasteiger partial charge in [0.05, 0.1) is 7.11 Å². The van der Waals surface area contributed by atoms with E-state index in [0.717, 1.165) is 76.6 Å². The minimum atomic E-state index is -0.313. The van der Waals surface area contributed by atoms with Gasteiger partial charge in [-0.05, 0) is 62.3 Å². The molecule has 0 bridgehead atoms. The summed E-state index contributed by atoms with van der Waals surface area (Å²) < 4.78 is 19.0. The van der Waals surface area contributed by atoms with E-state index in [1.54, 1.807) is 12.1 Å². The molecule has 0 unspecified atom stereocenters. The van der Waals surface area contributed by atoms with Crippen LogP contribution in [-0.2, 0) is 6.54 Å². The molecule has 3 aliphatic rings. The van der Waals surface area contributed by atoms with E-state index in [4.69, 9.17) is 4.74 Å². The maximum Gasteiger partial charge on any atom is 0.317 e. The van der Waals surface area contributed by atoms with Gasteiger partial charge in [0.1, 0.15) is 0 Å². The number of likely N-dealkylation sites (tertiary alicyclic amines) is 1. The molecule has 1 aromatic rings. The summed E-state index contributed by atoms with van der Waals surface area (Å²) >= 11 is 0. The van der Waals surface area contributed by atoms with Crippen LogP contribution in [0.1, 0.15) is 56.9 Å². The lowest BCUT2D eigenvalue weighted by Crippen LogP contribution is -2.49. The van der Waals surface area contributed by atoms with Crippen LogP contribution in [0.5, 0.6) is 5.75 Å². The third-order valence-electron chi connectivity index (χ3n) is 7.65. The number of ether oxygens (including phenoxy) is 1. The predicted molar refractivity (Wildman–Crippen MR) is 129 cm³/mol. The van der Waals surface area contributed by atoms with Crippen LogP contribution in [0.15, 0.2) is 18.2 Å². The van der Waals surface area contributed by atoms with Gasteiger partial charge in [-0.15, -0.1) is 0 Å². The molecule has 7 heteroatoms. The van der Waals surface area contributed by atoms with E-state index in [1.165, 1.54) is 45.8 Å². The molecule has 1 saturated carbocycles. The van der Waals surface area contributed by atoms with Crippen molar-refractivity contribution in [1.29, 1.82) is 0 Å². The summed E-state index contributed by atoms with van der Waals surface area (Å²) in [7, 11) is 1.48. The zero-order chi connectivity index (χ0) is 23.0. The Balaban J connectivity index is 1.17. The lowest BCUT2D eigenvalue weighted by atomic mass is 9.89. The summed E-state index contributed by atoms with van der Waals surface area (Å²) in [6.45, 7) is 7.57. The topological polar surface area (TPSA) is 48.1 Å². The predicted octanol–water partition coefficient (Wildman–Crippen LogP) is 4.10. The molecule has 33 heavy (non-hydrogen) atoms. The van der Waals surface area contributed by atoms with Gasteiger partial charge in [-0.1, -0.05) is 25.3 Å². The number of piperidine rings is 1. The zero-order valence-corrected chi connectivity index (χ0v) is 20.2. The van der Waals surface area contributed by atoms with Gasteiger partial charge in [-0.3, -0.25) is 4.90 Å². The molecular formula is C26H41FN4O2. The van der Waals surface area contributed by atoms with Crippen LogP contribution in [0, 0.1) is 11.7 Å². The molecule has 2 saturated heterocycles. The van der Waals surface area contributed by atoms with E-state index in [1.807, 2.05) is 11.0 Å². The van der Waals surface area contributed by atoms with E-state index in [-0.39, 0.29) is 23.6 Å². The normalized spacial score (nSPS) is 22.2. The van der Waals surface area contributed by atoms with Crippen LogP contribution in [0.3, 0.4) is 0 Å². The fourth-order valence-electron chi connectivity index (χ4n) is 5.66. The van der Waals surface area contributed by atoms with Gasteiger partial charge in [-0.25, -0.2) is 9.18 Å². The highest BCUT2D eigenvalue weighted by molar-refractivity contribution is 5.74. The number of carbonyl (C=O) groups excluding carboxylic acids is 1. The highest BCUT2D eigenvalue weighted by Crippen LogP contribution is 2.25. The first-order valence-electron chi connectivity index (χ1n) is 12.9. The van der Waals surface area contributed by atoms with Crippen molar-refractivity contribution in [3.05, 3.63) is 29.6 Å². The van der Waals surface area contributed by atoms with Crippen LogP contribution in [-0.4, -0.2) is 79.7 Å². The molecule has 0 atom stereocenters. The van der Waals surface area contributed by atoms with Gasteiger partial charge in [-0.2, -0.15) is 0 Å². The number of halogens is 1. The maximum atomic E-state index is 14.0. The van der Waals surface area contributed by atoms with E-state index < -0.39 is 0 Å². The molecule has 3 fully saturated rings. The number of methoxy groups -OCH3 is 1. The van der Waals surface area contributed by atoms with Gasteiger partial charge in [0.25, 0.3) is 0 Å². The molecule has 1 aliphatic carbocycles. The zero-order valence-electron chi connectivity index (χ0n) is 20.2. The van der Waals surface area contributed by atoms with Crippen molar-refractivity contribution in [2.24, 2.45) is 5.92 Å². The number of rotatable bonds is 6. The van der Waals surface area contributed by atoms with Crippen molar-refractivity contribution in [1.82, 2.24) is 20.0 Å². The van der Waals surface area contributed by atoms with Crippen LogP contribution >= 0.6 is 0 Å². The molecule has 2 heterocycles. The molecule has 1 aromatic carbocycles. The molecule has 4 rings (SSSR count). The average Bonchev–Trinajstić information content (AvgIpc) is 3.07. The monoisotopic (exact) mass is 460 g/mol. The molecule has 184 valence electrons. The quantitative estimate of drug-likeness (QED) is 0.695. The third-order valence-corrected chi connectivity index (χ3v) is 7.65. The number of urea groups is 1. The Labute approximate surface area is 198 Å². The SMILES string of the molecule is COc1ccc(CN2CCC(NC(=O)N3CCCN(CC4CCCCC4)CC3)CC2)cc1F. The molecule has 2 amide bonds. The first-order valence-corrected chi connectivity index (χ1v) is 12.9. The maximum absolute atomic E-state index is 14.0. The number of nitrogens with zero attached hydrogens (tertiary/aromatic N) is 3. The summed E-state index contributed by atoms with van der Waals surface area (Å²) in [5.74, 6) is 0.830. The van der Waals surface area contributed by atoms with E-state index in [2.05, 4.69) is 15.1 Å². The lowest BCUT2D eigenvalue weighted by molar-refractivity contribution is 0.167. The van der Waals surface area contributed by atoms with Crippen LogP contribution < -0.4 is 10.1 Å². The number of hydrogen-bond acceptors (Lipinski definition) is 4. The Morgan fingerprint density at radius 3 is 2.48 bits per heavy atom. The summed E-state index contributed by atoms with van der Waals surface area (Å²) in [5, 5.41) is 3.29. The minimum absolute atomic E-state index is 0.102. The molecule has 0 aromatic heterocycles. The molecule has 0 spiro atoms. The summed E-state index contributed by atoms with van der Waals surface area (Å²) in [6, 6.07) is 5.50. The average molecular weight is 461 g/mol. The van der Waals surface area contributed by atoms with Crippen molar-refractivity contribution in [2.45, 2.75) is 64.0 Å². The highest BCUT2D eigenvalue weighted by Gasteiger charge is 2.25. The van der Waals surface area contributed by atoms with Crippen molar-refractivity contribution < 1.29 is 13.9 Å². The summed E-state index contributed by atoms with van der Waals surface area (Å²) in [6.07, 6.45) is 9.89. The summed E-state index contributed by atoms with van der Waals surface area (Å²) in [5.41, 5.74) is 0.957. The number of carbonyl (C=O) groups is 1. The largest absolute Gasteiger partial charge is 0.494 e. The van der Waals surface area contributed by atoms with Gasteiger partial charge >= 0.3 is 6.03 Å². The van der Waals surface area contributed by atoms with Crippen LogP contribution in [0.2, 0.25) is 0 Å². The van der Waals surface area contributed by atoms with E-state index >= 15 is 0 Å². The number of nitrogens with one attached hydrogen (secondary N) is 1. The van der Waals surface area contributed by atoms with Gasteiger partial charge in [0.15, 0.2) is 11.6 Å². The van der Waals surface area contributed by atoms with Crippen molar-refractivity contribution in [2.75, 3.05) is 52.9 Å². The second-order valence-electron chi connectivity index (χ2n) is 10.1. The van der Waals surface area contributed by atoms with Crippen molar-refractivity contribution in [3.63, 3.8) is 0 Å². The second-order valence-corrected chi connectivity index (χ2v) is 10.1. The van der Waals surface area contributed by atoms with E-state index in [9.17, 15) is 9.18 Å². The molecular weight excluding hydrogens is 419 g/mol. The molecule has 0 radical (unpaired) electrons. The number of hydrogen-bond donors (Lipinski definition) is 1. The minimum Gasteiger partial charge on any atom is -0.494 e. The number of benzene rings is 1. The standard InChI is InChI=1S/C26H41FN4O2/c1-33-25-9-8-22(18-24(25)27)20-30-14-10-23(11-15-30)28-26(32)31-13-5-12-29(16-17-31)19-21-6-3-2-4-7-21/h8-9,18,21,23H,2-7,10-17,19-20H2,1H3,(H,28,32). The van der Waals surface area contributed by atoms with Crippen LogP contribution in [0.4, 0.5) is 9.18 Å². The molecule has 6 nitrogen and oxygen atoms in total. The third kappa shape index (κ3) is 7.06. The smallest absolute Gasteiger partial charge is 0.317 e.